The summed E-state index contributed by atoms with van der Waals surface area (Å²) in [5.74, 6) is -1.63. The molecule has 1 aliphatic carbocycles. The fourth-order valence-electron chi connectivity index (χ4n) is 3.66. The van der Waals surface area contributed by atoms with Crippen LogP contribution in [0, 0.1) is 5.92 Å². The normalized spacial score (nSPS) is 18.2. The van der Waals surface area contributed by atoms with E-state index in [1.165, 1.54) is 11.3 Å². The molecule has 0 aliphatic heterocycles. The molecule has 0 bridgehead atoms. The standard InChI is InChI=1S/C20H20ClN3O4S/c21-16-7-11-6-15(23-20(11)29-16)19(28)22-14-5-10-3-1-2-4-13(10)17(14)24-18(27)12(8-25)9-26/h1-4,6-7,12,14,17,23,25-26H,5,8-9H2,(H,22,28)(H,24,27)/t14-,17-/m1/s1. The average molecular weight is 434 g/mol. The summed E-state index contributed by atoms with van der Waals surface area (Å²) in [5.41, 5.74) is 2.37. The second-order valence-electron chi connectivity index (χ2n) is 7.05. The Morgan fingerprint density at radius 2 is 1.97 bits per heavy atom. The highest BCUT2D eigenvalue weighted by atomic mass is 35.5. The second kappa shape index (κ2) is 8.16. The Kier molecular flexibility index (Phi) is 5.60. The van der Waals surface area contributed by atoms with E-state index in [9.17, 15) is 19.8 Å². The number of amides is 2. The quantitative estimate of drug-likeness (QED) is 0.409. The van der Waals surface area contributed by atoms with Gasteiger partial charge in [0.2, 0.25) is 5.91 Å². The van der Waals surface area contributed by atoms with Crippen molar-refractivity contribution in [1.82, 2.24) is 15.6 Å². The Morgan fingerprint density at radius 1 is 1.21 bits per heavy atom. The Balaban J connectivity index is 1.55. The number of halogens is 1. The van der Waals surface area contributed by atoms with Gasteiger partial charge in [-0.25, -0.2) is 0 Å². The first-order valence-corrected chi connectivity index (χ1v) is 10.4. The summed E-state index contributed by atoms with van der Waals surface area (Å²) in [5, 5.41) is 25.3. The van der Waals surface area contributed by atoms with E-state index in [2.05, 4.69) is 15.6 Å². The van der Waals surface area contributed by atoms with Crippen LogP contribution in [0.1, 0.15) is 27.7 Å². The third kappa shape index (κ3) is 3.89. The molecule has 0 unspecified atom stereocenters. The third-order valence-electron chi connectivity index (χ3n) is 5.18. The van der Waals surface area contributed by atoms with Crippen LogP contribution < -0.4 is 10.6 Å². The minimum atomic E-state index is -0.904. The van der Waals surface area contributed by atoms with Gasteiger partial charge in [0, 0.05) is 5.39 Å². The summed E-state index contributed by atoms with van der Waals surface area (Å²) in [6.45, 7) is -0.898. The van der Waals surface area contributed by atoms with E-state index >= 15 is 0 Å². The van der Waals surface area contributed by atoms with Crippen LogP contribution in [0.15, 0.2) is 36.4 Å². The van der Waals surface area contributed by atoms with Crippen LogP contribution in [0.2, 0.25) is 4.34 Å². The molecule has 4 rings (SSSR count). The van der Waals surface area contributed by atoms with Gasteiger partial charge in [0.25, 0.3) is 5.91 Å². The fourth-order valence-corrected chi connectivity index (χ4v) is 4.79. The number of aliphatic hydroxyl groups excluding tert-OH is 2. The van der Waals surface area contributed by atoms with Crippen molar-refractivity contribution >= 4 is 45.0 Å². The lowest BCUT2D eigenvalue weighted by molar-refractivity contribution is -0.128. The molecule has 0 radical (unpaired) electrons. The highest BCUT2D eigenvalue weighted by molar-refractivity contribution is 7.22. The van der Waals surface area contributed by atoms with Crippen molar-refractivity contribution in [2.45, 2.75) is 18.5 Å². The maximum Gasteiger partial charge on any atom is 0.268 e. The third-order valence-corrected chi connectivity index (χ3v) is 6.38. The van der Waals surface area contributed by atoms with Gasteiger partial charge < -0.3 is 25.8 Å². The maximum absolute atomic E-state index is 12.8. The van der Waals surface area contributed by atoms with E-state index in [4.69, 9.17) is 11.6 Å². The van der Waals surface area contributed by atoms with E-state index in [1.54, 1.807) is 12.1 Å². The van der Waals surface area contributed by atoms with Gasteiger partial charge in [-0.15, -0.1) is 11.3 Å². The van der Waals surface area contributed by atoms with Crippen LogP contribution in [0.4, 0.5) is 0 Å². The van der Waals surface area contributed by atoms with Crippen LogP contribution in [0.25, 0.3) is 10.2 Å². The highest BCUT2D eigenvalue weighted by Crippen LogP contribution is 2.33. The predicted molar refractivity (Wildman–Crippen MR) is 111 cm³/mol. The summed E-state index contributed by atoms with van der Waals surface area (Å²) >= 11 is 7.35. The molecule has 2 atom stereocenters. The number of nitrogens with one attached hydrogen (secondary N) is 3. The molecule has 0 saturated heterocycles. The molecular formula is C20H20ClN3O4S. The molecule has 9 heteroatoms. The van der Waals surface area contributed by atoms with Crippen molar-refractivity contribution < 1.29 is 19.8 Å². The van der Waals surface area contributed by atoms with Crippen LogP contribution in [-0.4, -0.2) is 46.3 Å². The average Bonchev–Trinajstić information content (AvgIpc) is 3.34. The number of aliphatic hydroxyl groups is 2. The van der Waals surface area contributed by atoms with E-state index < -0.39 is 31.1 Å². The smallest absolute Gasteiger partial charge is 0.268 e. The Morgan fingerprint density at radius 3 is 2.69 bits per heavy atom. The van der Waals surface area contributed by atoms with Gasteiger partial charge in [-0.2, -0.15) is 0 Å². The zero-order chi connectivity index (χ0) is 20.5. The van der Waals surface area contributed by atoms with Gasteiger partial charge >= 0.3 is 0 Å². The molecule has 0 spiro atoms. The summed E-state index contributed by atoms with van der Waals surface area (Å²) in [7, 11) is 0. The lowest BCUT2D eigenvalue weighted by Gasteiger charge is -2.24. The molecule has 2 heterocycles. The van der Waals surface area contributed by atoms with Gasteiger partial charge in [0.15, 0.2) is 0 Å². The highest BCUT2D eigenvalue weighted by Gasteiger charge is 2.35. The molecule has 29 heavy (non-hydrogen) atoms. The van der Waals surface area contributed by atoms with Crippen molar-refractivity contribution in [2.75, 3.05) is 13.2 Å². The minimum Gasteiger partial charge on any atom is -0.395 e. The number of aromatic amines is 1. The van der Waals surface area contributed by atoms with Gasteiger partial charge in [-0.3, -0.25) is 9.59 Å². The molecule has 2 amide bonds. The topological polar surface area (TPSA) is 114 Å². The summed E-state index contributed by atoms with van der Waals surface area (Å²) < 4.78 is 0.648. The zero-order valence-electron chi connectivity index (χ0n) is 15.3. The largest absolute Gasteiger partial charge is 0.395 e. The number of H-pyrrole nitrogens is 1. The van der Waals surface area contributed by atoms with Crippen LogP contribution in [0.5, 0.6) is 0 Å². The molecule has 0 fully saturated rings. The van der Waals surface area contributed by atoms with Crippen molar-refractivity contribution in [2.24, 2.45) is 5.92 Å². The fraction of sp³-hybridized carbons (Fsp3) is 0.300. The number of fused-ring (bicyclic) bond motifs is 2. The van der Waals surface area contributed by atoms with Gasteiger partial charge in [0.1, 0.15) is 10.5 Å². The maximum atomic E-state index is 12.8. The van der Waals surface area contributed by atoms with Crippen molar-refractivity contribution in [3.63, 3.8) is 0 Å². The molecule has 3 aromatic rings. The van der Waals surface area contributed by atoms with E-state index in [0.29, 0.717) is 16.5 Å². The number of aromatic nitrogens is 1. The summed E-state index contributed by atoms with van der Waals surface area (Å²) in [4.78, 5) is 29.1. The molecule has 0 saturated carbocycles. The lowest BCUT2D eigenvalue weighted by Crippen LogP contribution is -2.46. The van der Waals surface area contributed by atoms with E-state index in [-0.39, 0.29) is 11.9 Å². The van der Waals surface area contributed by atoms with Crippen molar-refractivity contribution in [3.8, 4) is 0 Å². The first-order valence-electron chi connectivity index (χ1n) is 9.19. The van der Waals surface area contributed by atoms with E-state index in [0.717, 1.165) is 21.3 Å². The number of rotatable bonds is 6. The molecule has 1 aliphatic rings. The zero-order valence-corrected chi connectivity index (χ0v) is 16.9. The first kappa shape index (κ1) is 19.9. The molecule has 5 N–H and O–H groups in total. The van der Waals surface area contributed by atoms with Crippen LogP contribution in [0.3, 0.4) is 0 Å². The van der Waals surface area contributed by atoms with Crippen LogP contribution >= 0.6 is 22.9 Å². The number of carbonyl (C=O) groups excluding carboxylic acids is 2. The Hall–Kier alpha value is -2.39. The Labute approximate surface area is 175 Å². The van der Waals surface area contributed by atoms with E-state index in [1.807, 2.05) is 24.3 Å². The minimum absolute atomic E-state index is 0.276. The molecule has 152 valence electrons. The number of hydrogen-bond acceptors (Lipinski definition) is 5. The number of hydrogen-bond donors (Lipinski definition) is 5. The van der Waals surface area contributed by atoms with Gasteiger partial charge in [-0.05, 0) is 29.7 Å². The van der Waals surface area contributed by atoms with Gasteiger partial charge in [0.05, 0.1) is 35.6 Å². The number of thiophene rings is 1. The molecular weight excluding hydrogens is 414 g/mol. The van der Waals surface area contributed by atoms with Gasteiger partial charge in [-0.1, -0.05) is 35.9 Å². The first-order chi connectivity index (χ1) is 14.0. The molecule has 2 aromatic heterocycles. The molecule has 7 nitrogen and oxygen atoms in total. The van der Waals surface area contributed by atoms with Crippen LogP contribution in [-0.2, 0) is 11.2 Å². The second-order valence-corrected chi connectivity index (χ2v) is 8.73. The number of carbonyl (C=O) groups is 2. The summed E-state index contributed by atoms with van der Waals surface area (Å²) in [6, 6.07) is 10.4. The Bertz CT molecular complexity index is 1030. The number of benzene rings is 1. The lowest BCUT2D eigenvalue weighted by atomic mass is 10.0. The molecule has 1 aromatic carbocycles. The predicted octanol–water partition coefficient (Wildman–Crippen LogP) is 2.00. The monoisotopic (exact) mass is 433 g/mol. The van der Waals surface area contributed by atoms with Crippen molar-refractivity contribution in [1.29, 1.82) is 0 Å². The summed E-state index contributed by atoms with van der Waals surface area (Å²) in [6.07, 6.45) is 0.566. The SMILES string of the molecule is O=C(N[C@@H]1Cc2ccccc2[C@H]1NC(=O)C(CO)CO)c1cc2cc(Cl)sc2[nH]1. The van der Waals surface area contributed by atoms with Crippen molar-refractivity contribution in [3.05, 3.63) is 57.6 Å².